The van der Waals surface area contributed by atoms with Gasteiger partial charge in [0.05, 0.1) is 17.1 Å². The van der Waals surface area contributed by atoms with Crippen LogP contribution in [0.2, 0.25) is 0 Å². The summed E-state index contributed by atoms with van der Waals surface area (Å²) in [6.07, 6.45) is 2.47. The summed E-state index contributed by atoms with van der Waals surface area (Å²) in [5.74, 6) is 0.897. The van der Waals surface area contributed by atoms with Crippen molar-refractivity contribution in [2.45, 2.75) is 25.9 Å². The van der Waals surface area contributed by atoms with Gasteiger partial charge in [-0.1, -0.05) is 30.3 Å². The summed E-state index contributed by atoms with van der Waals surface area (Å²) in [6.45, 7) is 2.64. The molecule has 5 heteroatoms. The molecule has 0 fully saturated rings. The van der Waals surface area contributed by atoms with E-state index in [-0.39, 0.29) is 11.9 Å². The molecule has 1 amide bonds. The molecule has 4 rings (SSSR count). The molecule has 0 saturated carbocycles. The number of nitrogens with one attached hydrogen (secondary N) is 1. The van der Waals surface area contributed by atoms with Crippen LogP contribution in [0, 0.1) is 0 Å². The van der Waals surface area contributed by atoms with E-state index in [2.05, 4.69) is 33.1 Å². The first-order valence-corrected chi connectivity index (χ1v) is 8.88. The number of hydrogen-bond donors (Lipinski definition) is 1. The smallest absolute Gasteiger partial charge is 0.222 e. The van der Waals surface area contributed by atoms with Crippen LogP contribution in [0.4, 0.5) is 0 Å². The third-order valence-electron chi connectivity index (χ3n) is 4.85. The number of rotatable bonds is 5. The Kier molecular flexibility index (Phi) is 4.21. The predicted octanol–water partition coefficient (Wildman–Crippen LogP) is 3.80. The number of para-hydroxylation sites is 3. The van der Waals surface area contributed by atoms with Crippen molar-refractivity contribution in [1.82, 2.24) is 19.4 Å². The first kappa shape index (κ1) is 16.4. The Morgan fingerprint density at radius 3 is 2.62 bits per heavy atom. The van der Waals surface area contributed by atoms with Crippen molar-refractivity contribution in [2.24, 2.45) is 7.05 Å². The van der Waals surface area contributed by atoms with Gasteiger partial charge in [0.2, 0.25) is 5.91 Å². The number of carbonyl (C=O) groups is 1. The zero-order valence-corrected chi connectivity index (χ0v) is 15.0. The summed E-state index contributed by atoms with van der Waals surface area (Å²) in [5, 5.41) is 4.27. The number of carbonyl (C=O) groups excluding carboxylic acids is 1. The molecule has 0 unspecified atom stereocenters. The minimum absolute atomic E-state index is 0.0299. The maximum absolute atomic E-state index is 12.4. The number of hydrogen-bond acceptors (Lipinski definition) is 2. The SMILES string of the molecule is C[C@@H](NC(=O)CCn1ccc2ccccc21)c1nc2ccccc2n1C. The number of aryl methyl sites for hydroxylation is 2. The van der Waals surface area contributed by atoms with Crippen LogP contribution in [0.15, 0.2) is 60.8 Å². The van der Waals surface area contributed by atoms with Crippen LogP contribution in [0.25, 0.3) is 21.9 Å². The van der Waals surface area contributed by atoms with Crippen LogP contribution in [-0.2, 0) is 18.4 Å². The van der Waals surface area contributed by atoms with E-state index in [4.69, 9.17) is 0 Å². The number of aromatic nitrogens is 3. The molecule has 0 aliphatic rings. The van der Waals surface area contributed by atoms with Gasteiger partial charge in [-0.05, 0) is 36.6 Å². The summed E-state index contributed by atoms with van der Waals surface area (Å²) < 4.78 is 4.16. The summed E-state index contributed by atoms with van der Waals surface area (Å²) in [4.78, 5) is 17.1. The molecule has 2 aromatic heterocycles. The lowest BCUT2D eigenvalue weighted by Gasteiger charge is -2.14. The predicted molar refractivity (Wildman–Crippen MR) is 104 cm³/mol. The van der Waals surface area contributed by atoms with Crippen LogP contribution in [0.1, 0.15) is 25.2 Å². The van der Waals surface area contributed by atoms with E-state index in [9.17, 15) is 4.79 Å². The minimum Gasteiger partial charge on any atom is -0.347 e. The van der Waals surface area contributed by atoms with E-state index < -0.39 is 0 Å². The van der Waals surface area contributed by atoms with Gasteiger partial charge in [-0.15, -0.1) is 0 Å². The Labute approximate surface area is 152 Å². The van der Waals surface area contributed by atoms with Crippen molar-refractivity contribution in [1.29, 1.82) is 0 Å². The zero-order valence-electron chi connectivity index (χ0n) is 15.0. The van der Waals surface area contributed by atoms with Crippen LogP contribution in [-0.4, -0.2) is 20.0 Å². The third-order valence-corrected chi connectivity index (χ3v) is 4.85. The Bertz CT molecular complexity index is 1080. The van der Waals surface area contributed by atoms with Crippen LogP contribution >= 0.6 is 0 Å². The van der Waals surface area contributed by atoms with Crippen molar-refractivity contribution >= 4 is 27.8 Å². The average molecular weight is 346 g/mol. The fourth-order valence-electron chi connectivity index (χ4n) is 3.49. The van der Waals surface area contributed by atoms with Gasteiger partial charge in [0.1, 0.15) is 5.82 Å². The molecule has 4 aromatic rings. The average Bonchev–Trinajstić information content (AvgIpc) is 3.22. The highest BCUT2D eigenvalue weighted by Gasteiger charge is 2.16. The standard InChI is InChI=1S/C21H22N4O/c1-15(21-23-17-8-4-6-10-19(17)24(21)2)22-20(26)12-14-25-13-11-16-7-3-5-9-18(16)25/h3-11,13,15H,12,14H2,1-2H3,(H,22,26)/t15-/m1/s1. The highest BCUT2D eigenvalue weighted by atomic mass is 16.1. The maximum Gasteiger partial charge on any atom is 0.222 e. The number of amides is 1. The molecule has 2 heterocycles. The molecule has 0 aliphatic carbocycles. The molecule has 0 radical (unpaired) electrons. The van der Waals surface area contributed by atoms with E-state index in [1.54, 1.807) is 0 Å². The number of imidazole rings is 1. The molecule has 1 N–H and O–H groups in total. The first-order valence-electron chi connectivity index (χ1n) is 8.88. The van der Waals surface area contributed by atoms with Gasteiger partial charge in [-0.2, -0.15) is 0 Å². The second kappa shape index (κ2) is 6.67. The molecule has 1 atom stereocenters. The van der Waals surface area contributed by atoms with Crippen molar-refractivity contribution in [3.8, 4) is 0 Å². The lowest BCUT2D eigenvalue weighted by molar-refractivity contribution is -0.122. The Hall–Kier alpha value is -3.08. The van der Waals surface area contributed by atoms with E-state index in [1.165, 1.54) is 5.39 Å². The van der Waals surface area contributed by atoms with Gasteiger partial charge in [-0.3, -0.25) is 4.79 Å². The summed E-state index contributed by atoms with van der Waals surface area (Å²) in [5.41, 5.74) is 3.18. The van der Waals surface area contributed by atoms with Gasteiger partial charge in [0.25, 0.3) is 0 Å². The second-order valence-corrected chi connectivity index (χ2v) is 6.62. The molecule has 0 aliphatic heterocycles. The summed E-state index contributed by atoms with van der Waals surface area (Å²) in [6, 6.07) is 18.2. The largest absolute Gasteiger partial charge is 0.347 e. The molecule has 132 valence electrons. The molecule has 26 heavy (non-hydrogen) atoms. The lowest BCUT2D eigenvalue weighted by Crippen LogP contribution is -2.29. The van der Waals surface area contributed by atoms with E-state index in [0.29, 0.717) is 13.0 Å². The molecular weight excluding hydrogens is 324 g/mol. The van der Waals surface area contributed by atoms with Crippen molar-refractivity contribution < 1.29 is 4.79 Å². The normalized spacial score (nSPS) is 12.5. The van der Waals surface area contributed by atoms with Gasteiger partial charge >= 0.3 is 0 Å². The Morgan fingerprint density at radius 1 is 1.08 bits per heavy atom. The van der Waals surface area contributed by atoms with E-state index in [1.807, 2.05) is 61.1 Å². The molecule has 0 spiro atoms. The highest BCUT2D eigenvalue weighted by molar-refractivity contribution is 5.81. The summed E-state index contributed by atoms with van der Waals surface area (Å²) >= 11 is 0. The lowest BCUT2D eigenvalue weighted by atomic mass is 10.2. The Morgan fingerprint density at radius 2 is 1.81 bits per heavy atom. The number of nitrogens with zero attached hydrogens (tertiary/aromatic N) is 3. The quantitative estimate of drug-likeness (QED) is 0.598. The third kappa shape index (κ3) is 2.96. The van der Waals surface area contributed by atoms with Gasteiger partial charge < -0.3 is 14.5 Å². The van der Waals surface area contributed by atoms with E-state index in [0.717, 1.165) is 22.4 Å². The van der Waals surface area contributed by atoms with Crippen LogP contribution in [0.5, 0.6) is 0 Å². The van der Waals surface area contributed by atoms with Gasteiger partial charge in [0.15, 0.2) is 0 Å². The first-order chi connectivity index (χ1) is 12.6. The fourth-order valence-corrected chi connectivity index (χ4v) is 3.49. The molecule has 5 nitrogen and oxygen atoms in total. The van der Waals surface area contributed by atoms with Gasteiger partial charge in [0, 0.05) is 31.7 Å². The van der Waals surface area contributed by atoms with Crippen molar-refractivity contribution in [3.05, 3.63) is 66.6 Å². The molecule has 2 aromatic carbocycles. The number of fused-ring (bicyclic) bond motifs is 2. The van der Waals surface area contributed by atoms with Crippen LogP contribution in [0.3, 0.4) is 0 Å². The van der Waals surface area contributed by atoms with Crippen molar-refractivity contribution in [3.63, 3.8) is 0 Å². The topological polar surface area (TPSA) is 51.9 Å². The summed E-state index contributed by atoms with van der Waals surface area (Å²) in [7, 11) is 1.99. The highest BCUT2D eigenvalue weighted by Crippen LogP contribution is 2.19. The molecule has 0 bridgehead atoms. The zero-order chi connectivity index (χ0) is 18.1. The molecular formula is C21H22N4O. The second-order valence-electron chi connectivity index (χ2n) is 6.62. The fraction of sp³-hybridized carbons (Fsp3) is 0.238. The minimum atomic E-state index is -0.138. The Balaban J connectivity index is 1.43. The maximum atomic E-state index is 12.4. The van der Waals surface area contributed by atoms with Gasteiger partial charge in [-0.25, -0.2) is 4.98 Å². The van der Waals surface area contributed by atoms with Crippen molar-refractivity contribution in [2.75, 3.05) is 0 Å². The number of benzene rings is 2. The van der Waals surface area contributed by atoms with Crippen LogP contribution < -0.4 is 5.32 Å². The van der Waals surface area contributed by atoms with E-state index >= 15 is 0 Å². The molecule has 0 saturated heterocycles. The monoisotopic (exact) mass is 346 g/mol.